The molecule has 2 aliphatic heterocycles. The van der Waals surface area contributed by atoms with E-state index in [2.05, 4.69) is 17.9 Å². The number of carbonyl (C=O) groups is 2. The molecule has 3 aliphatic rings. The third kappa shape index (κ3) is 4.77. The van der Waals surface area contributed by atoms with Gasteiger partial charge in [0.2, 0.25) is 11.8 Å². The summed E-state index contributed by atoms with van der Waals surface area (Å²) in [6, 6.07) is 8.52. The van der Waals surface area contributed by atoms with Crippen molar-refractivity contribution in [3.05, 3.63) is 34.9 Å². The van der Waals surface area contributed by atoms with Gasteiger partial charge in [0.25, 0.3) is 0 Å². The summed E-state index contributed by atoms with van der Waals surface area (Å²) < 4.78 is 0. The van der Waals surface area contributed by atoms with Crippen LogP contribution in [0.2, 0.25) is 5.02 Å². The van der Waals surface area contributed by atoms with Crippen LogP contribution in [-0.4, -0.2) is 65.3 Å². The Balaban J connectivity index is 1.33. The highest BCUT2D eigenvalue weighted by atomic mass is 35.5. The molecule has 4 rings (SSSR count). The number of carbonyl (C=O) groups excluding carboxylic acids is 2. The average molecular weight is 418 g/mol. The molecule has 3 fully saturated rings. The molecule has 2 heterocycles. The molecule has 2 saturated heterocycles. The van der Waals surface area contributed by atoms with E-state index < -0.39 is 0 Å². The molecule has 1 aromatic rings. The van der Waals surface area contributed by atoms with Crippen molar-refractivity contribution in [2.24, 2.45) is 5.92 Å². The fraction of sp³-hybridized carbons (Fsp3) is 0.652. The van der Waals surface area contributed by atoms with Crippen molar-refractivity contribution in [2.75, 3.05) is 32.7 Å². The predicted molar refractivity (Wildman–Crippen MR) is 115 cm³/mol. The topological polar surface area (TPSA) is 43.9 Å². The van der Waals surface area contributed by atoms with E-state index in [1.54, 1.807) is 0 Å². The summed E-state index contributed by atoms with van der Waals surface area (Å²) in [7, 11) is 0. The maximum absolute atomic E-state index is 13.1. The van der Waals surface area contributed by atoms with E-state index in [1.807, 2.05) is 28.0 Å². The normalized spacial score (nSPS) is 21.6. The van der Waals surface area contributed by atoms with Crippen molar-refractivity contribution in [3.8, 4) is 0 Å². The van der Waals surface area contributed by atoms with Crippen LogP contribution in [0.4, 0.5) is 0 Å². The van der Waals surface area contributed by atoms with Gasteiger partial charge in [0, 0.05) is 49.2 Å². The highest BCUT2D eigenvalue weighted by Gasteiger charge is 2.37. The molecule has 2 amide bonds. The van der Waals surface area contributed by atoms with Gasteiger partial charge in [0.1, 0.15) is 0 Å². The molecule has 5 nitrogen and oxygen atoms in total. The van der Waals surface area contributed by atoms with Gasteiger partial charge in [-0.05, 0) is 57.1 Å². The lowest BCUT2D eigenvalue weighted by molar-refractivity contribution is -0.140. The van der Waals surface area contributed by atoms with E-state index >= 15 is 0 Å². The molecule has 0 aromatic heterocycles. The molecule has 1 atom stereocenters. The summed E-state index contributed by atoms with van der Waals surface area (Å²) in [6.45, 7) is 5.79. The quantitative estimate of drug-likeness (QED) is 0.708. The first kappa shape index (κ1) is 20.7. The first-order chi connectivity index (χ1) is 14.0. The summed E-state index contributed by atoms with van der Waals surface area (Å²) in [4.78, 5) is 32.0. The van der Waals surface area contributed by atoms with Crippen LogP contribution in [0.25, 0.3) is 0 Å². The number of amides is 2. The maximum Gasteiger partial charge on any atom is 0.236 e. The summed E-state index contributed by atoms with van der Waals surface area (Å²) >= 11 is 6.42. The van der Waals surface area contributed by atoms with E-state index in [9.17, 15) is 9.59 Å². The van der Waals surface area contributed by atoms with Crippen LogP contribution in [0.3, 0.4) is 0 Å². The zero-order valence-corrected chi connectivity index (χ0v) is 18.1. The van der Waals surface area contributed by atoms with Crippen LogP contribution < -0.4 is 0 Å². The van der Waals surface area contributed by atoms with E-state index in [-0.39, 0.29) is 17.9 Å². The third-order valence-corrected chi connectivity index (χ3v) is 7.15. The van der Waals surface area contributed by atoms with Crippen molar-refractivity contribution < 1.29 is 9.59 Å². The van der Waals surface area contributed by atoms with Crippen LogP contribution in [0, 0.1) is 5.92 Å². The van der Waals surface area contributed by atoms with E-state index in [0.29, 0.717) is 31.6 Å². The maximum atomic E-state index is 13.1. The largest absolute Gasteiger partial charge is 0.342 e. The Morgan fingerprint density at radius 2 is 1.69 bits per heavy atom. The van der Waals surface area contributed by atoms with Gasteiger partial charge in [-0.2, -0.15) is 0 Å². The molecular weight excluding hydrogens is 386 g/mol. The summed E-state index contributed by atoms with van der Waals surface area (Å²) in [5, 5.41) is 0.763. The molecule has 158 valence electrons. The number of nitrogens with zero attached hydrogens (tertiary/aromatic N) is 3. The molecule has 1 aliphatic carbocycles. The Labute approximate surface area is 179 Å². The second-order valence-corrected chi connectivity index (χ2v) is 9.20. The zero-order chi connectivity index (χ0) is 20.4. The van der Waals surface area contributed by atoms with Gasteiger partial charge in [0.05, 0.1) is 6.54 Å². The molecule has 1 saturated carbocycles. The van der Waals surface area contributed by atoms with Gasteiger partial charge in [0.15, 0.2) is 0 Å². The van der Waals surface area contributed by atoms with Crippen molar-refractivity contribution in [1.82, 2.24) is 14.7 Å². The van der Waals surface area contributed by atoms with Crippen molar-refractivity contribution >= 4 is 23.4 Å². The molecule has 1 aromatic carbocycles. The lowest BCUT2D eigenvalue weighted by Crippen LogP contribution is -2.47. The summed E-state index contributed by atoms with van der Waals surface area (Å²) in [5.41, 5.74) is 1.09. The predicted octanol–water partition coefficient (Wildman–Crippen LogP) is 3.73. The number of likely N-dealkylation sites (tertiary alicyclic amines) is 2. The fourth-order valence-electron chi connectivity index (χ4n) is 4.81. The highest BCUT2D eigenvalue weighted by molar-refractivity contribution is 6.31. The Morgan fingerprint density at radius 3 is 2.31 bits per heavy atom. The van der Waals surface area contributed by atoms with Crippen LogP contribution >= 0.6 is 11.6 Å². The molecule has 0 N–H and O–H groups in total. The van der Waals surface area contributed by atoms with Gasteiger partial charge in [-0.25, -0.2) is 0 Å². The number of halogens is 1. The lowest BCUT2D eigenvalue weighted by atomic mass is 9.95. The monoisotopic (exact) mass is 417 g/mol. The third-order valence-electron chi connectivity index (χ3n) is 6.80. The van der Waals surface area contributed by atoms with Gasteiger partial charge >= 0.3 is 0 Å². The molecule has 0 bridgehead atoms. The van der Waals surface area contributed by atoms with Gasteiger partial charge < -0.3 is 9.80 Å². The number of piperidine rings is 1. The van der Waals surface area contributed by atoms with Crippen molar-refractivity contribution in [3.63, 3.8) is 0 Å². The Bertz CT molecular complexity index is 737. The lowest BCUT2D eigenvalue weighted by Gasteiger charge is -2.36. The molecule has 0 radical (unpaired) electrons. The second kappa shape index (κ2) is 9.05. The van der Waals surface area contributed by atoms with E-state index in [4.69, 9.17) is 11.6 Å². The number of benzene rings is 1. The van der Waals surface area contributed by atoms with Crippen LogP contribution in [-0.2, 0) is 9.59 Å². The van der Waals surface area contributed by atoms with Crippen LogP contribution in [0.15, 0.2) is 24.3 Å². The smallest absolute Gasteiger partial charge is 0.236 e. The fourth-order valence-corrected chi connectivity index (χ4v) is 5.10. The van der Waals surface area contributed by atoms with Crippen LogP contribution in [0.5, 0.6) is 0 Å². The molecule has 29 heavy (non-hydrogen) atoms. The molecular formula is C23H32ClN3O2. The minimum atomic E-state index is 0.0961. The Hall–Kier alpha value is -1.59. The number of hydrogen-bond donors (Lipinski definition) is 0. The number of rotatable bonds is 6. The van der Waals surface area contributed by atoms with E-state index in [1.165, 1.54) is 0 Å². The van der Waals surface area contributed by atoms with E-state index in [0.717, 1.165) is 62.2 Å². The minimum absolute atomic E-state index is 0.0961. The average Bonchev–Trinajstić information content (AvgIpc) is 3.44. The zero-order valence-electron chi connectivity index (χ0n) is 17.4. The highest BCUT2D eigenvalue weighted by Crippen LogP contribution is 2.36. The van der Waals surface area contributed by atoms with Gasteiger partial charge in [-0.3, -0.25) is 14.5 Å². The Morgan fingerprint density at radius 1 is 1.03 bits per heavy atom. The summed E-state index contributed by atoms with van der Waals surface area (Å²) in [6.07, 6.45) is 6.14. The standard InChI is InChI=1S/C23H32ClN3O2/c1-17(20-6-2-3-7-21(20)24)27(19-8-9-19)16-22(28)25-14-10-18(11-15-25)23(29)26-12-4-5-13-26/h2-3,6-7,17-19H,4-5,8-16H2,1H3. The molecule has 6 heteroatoms. The molecule has 0 spiro atoms. The van der Waals surface area contributed by atoms with Gasteiger partial charge in [-0.15, -0.1) is 0 Å². The van der Waals surface area contributed by atoms with Crippen LogP contribution in [0.1, 0.15) is 57.1 Å². The SMILES string of the molecule is CC(c1ccccc1Cl)N(CC(=O)N1CCC(C(=O)N2CCCC2)CC1)C1CC1. The number of hydrogen-bond acceptors (Lipinski definition) is 3. The second-order valence-electron chi connectivity index (χ2n) is 8.79. The Kier molecular flexibility index (Phi) is 6.45. The first-order valence-corrected chi connectivity index (χ1v) is 11.5. The molecule has 1 unspecified atom stereocenters. The summed E-state index contributed by atoms with van der Waals surface area (Å²) in [5.74, 6) is 0.586. The van der Waals surface area contributed by atoms with Gasteiger partial charge in [-0.1, -0.05) is 29.8 Å². The van der Waals surface area contributed by atoms with Crippen molar-refractivity contribution in [2.45, 2.75) is 57.5 Å². The first-order valence-electron chi connectivity index (χ1n) is 11.1. The van der Waals surface area contributed by atoms with Crippen molar-refractivity contribution in [1.29, 1.82) is 0 Å². The minimum Gasteiger partial charge on any atom is -0.342 e.